The molecule has 0 unspecified atom stereocenters. The quantitative estimate of drug-likeness (QED) is 0.911. The summed E-state index contributed by atoms with van der Waals surface area (Å²) in [5, 5.41) is 3.36. The minimum atomic E-state index is -0.109. The molecule has 0 radical (unpaired) electrons. The smallest absolute Gasteiger partial charge is 0.136 e. The fourth-order valence-electron chi connectivity index (χ4n) is 2.19. The van der Waals surface area contributed by atoms with Crippen molar-refractivity contribution in [3.8, 4) is 0 Å². The van der Waals surface area contributed by atoms with Gasteiger partial charge in [-0.15, -0.1) is 0 Å². The van der Waals surface area contributed by atoms with Crippen LogP contribution in [0.15, 0.2) is 16.5 Å². The van der Waals surface area contributed by atoms with E-state index in [0.29, 0.717) is 13.2 Å². The van der Waals surface area contributed by atoms with Crippen molar-refractivity contribution in [3.05, 3.63) is 40.7 Å². The third-order valence-electron chi connectivity index (χ3n) is 3.35. The van der Waals surface area contributed by atoms with Crippen molar-refractivity contribution in [1.82, 2.24) is 9.97 Å². The van der Waals surface area contributed by atoms with Crippen LogP contribution >= 0.6 is 0 Å². The Kier molecular flexibility index (Phi) is 4.86. The Bertz CT molecular complexity index is 642. The molecule has 0 aliphatic heterocycles. The SMILES string of the molecule is COCc1cc(NCc2cc(C)oc2C)nc(C(C)(C)C)n1. The summed E-state index contributed by atoms with van der Waals surface area (Å²) in [6.45, 7) is 11.4. The molecule has 0 fully saturated rings. The van der Waals surface area contributed by atoms with Crippen molar-refractivity contribution in [2.24, 2.45) is 0 Å². The predicted octanol–water partition coefficient (Wildman–Crippen LogP) is 3.74. The van der Waals surface area contributed by atoms with Gasteiger partial charge in [-0.25, -0.2) is 9.97 Å². The Labute approximate surface area is 132 Å². The van der Waals surface area contributed by atoms with E-state index in [-0.39, 0.29) is 5.41 Å². The first kappa shape index (κ1) is 16.5. The van der Waals surface area contributed by atoms with E-state index in [2.05, 4.69) is 36.1 Å². The molecule has 1 N–H and O–H groups in total. The summed E-state index contributed by atoms with van der Waals surface area (Å²) < 4.78 is 10.8. The number of aromatic nitrogens is 2. The molecule has 5 nitrogen and oxygen atoms in total. The number of nitrogens with zero attached hydrogens (tertiary/aromatic N) is 2. The van der Waals surface area contributed by atoms with Crippen molar-refractivity contribution in [1.29, 1.82) is 0 Å². The number of ether oxygens (including phenoxy) is 1. The van der Waals surface area contributed by atoms with Crippen LogP contribution in [-0.2, 0) is 23.3 Å². The molecule has 5 heteroatoms. The first-order valence-corrected chi connectivity index (χ1v) is 7.46. The number of rotatable bonds is 5. The predicted molar refractivity (Wildman–Crippen MR) is 87.0 cm³/mol. The fourth-order valence-corrected chi connectivity index (χ4v) is 2.19. The molecule has 2 aromatic rings. The second kappa shape index (κ2) is 6.48. The highest BCUT2D eigenvalue weighted by molar-refractivity contribution is 5.38. The number of methoxy groups -OCH3 is 1. The Morgan fingerprint density at radius 1 is 1.18 bits per heavy atom. The number of furan rings is 1. The van der Waals surface area contributed by atoms with Crippen LogP contribution in [-0.4, -0.2) is 17.1 Å². The summed E-state index contributed by atoms with van der Waals surface area (Å²) in [4.78, 5) is 9.21. The molecule has 0 aromatic carbocycles. The van der Waals surface area contributed by atoms with E-state index in [1.807, 2.05) is 26.0 Å². The van der Waals surface area contributed by atoms with Gasteiger partial charge in [0.2, 0.25) is 0 Å². The third kappa shape index (κ3) is 4.07. The van der Waals surface area contributed by atoms with Crippen LogP contribution in [0.25, 0.3) is 0 Å². The van der Waals surface area contributed by atoms with Gasteiger partial charge in [-0.05, 0) is 19.9 Å². The highest BCUT2D eigenvalue weighted by Gasteiger charge is 2.19. The molecule has 120 valence electrons. The largest absolute Gasteiger partial charge is 0.466 e. The van der Waals surface area contributed by atoms with Crippen molar-refractivity contribution < 1.29 is 9.15 Å². The second-order valence-corrected chi connectivity index (χ2v) is 6.54. The highest BCUT2D eigenvalue weighted by Crippen LogP contribution is 2.22. The molecule has 0 aliphatic carbocycles. The van der Waals surface area contributed by atoms with E-state index in [0.717, 1.165) is 34.4 Å². The zero-order valence-corrected chi connectivity index (χ0v) is 14.3. The van der Waals surface area contributed by atoms with E-state index in [1.165, 1.54) is 0 Å². The number of nitrogens with one attached hydrogen (secondary N) is 1. The van der Waals surface area contributed by atoms with Crippen molar-refractivity contribution >= 4 is 5.82 Å². The summed E-state index contributed by atoms with van der Waals surface area (Å²) in [5.41, 5.74) is 1.91. The lowest BCUT2D eigenvalue weighted by atomic mass is 9.95. The van der Waals surface area contributed by atoms with Gasteiger partial charge in [0.15, 0.2) is 0 Å². The molecule has 2 aromatic heterocycles. The summed E-state index contributed by atoms with van der Waals surface area (Å²) in [5.74, 6) is 3.48. The monoisotopic (exact) mass is 303 g/mol. The first-order valence-electron chi connectivity index (χ1n) is 7.46. The van der Waals surface area contributed by atoms with Crippen molar-refractivity contribution in [2.75, 3.05) is 12.4 Å². The molecule has 0 saturated carbocycles. The zero-order chi connectivity index (χ0) is 16.3. The van der Waals surface area contributed by atoms with Crippen LogP contribution in [0.3, 0.4) is 0 Å². The Balaban J connectivity index is 2.22. The standard InChI is InChI=1S/C17H25N3O2/c1-11-7-13(12(2)22-11)9-18-15-8-14(10-21-6)19-16(20-15)17(3,4)5/h7-8H,9-10H2,1-6H3,(H,18,19,20). The van der Waals surface area contributed by atoms with E-state index in [4.69, 9.17) is 9.15 Å². The Morgan fingerprint density at radius 3 is 2.45 bits per heavy atom. The molecule has 0 aliphatic rings. The highest BCUT2D eigenvalue weighted by atomic mass is 16.5. The van der Waals surface area contributed by atoms with Gasteiger partial charge in [0.05, 0.1) is 12.3 Å². The van der Waals surface area contributed by atoms with Crippen molar-refractivity contribution in [2.45, 2.75) is 53.2 Å². The average molecular weight is 303 g/mol. The first-order chi connectivity index (χ1) is 10.3. The summed E-state index contributed by atoms with van der Waals surface area (Å²) >= 11 is 0. The number of hydrogen-bond acceptors (Lipinski definition) is 5. The maximum Gasteiger partial charge on any atom is 0.136 e. The van der Waals surface area contributed by atoms with E-state index >= 15 is 0 Å². The second-order valence-electron chi connectivity index (χ2n) is 6.54. The van der Waals surface area contributed by atoms with Crippen LogP contribution in [0.4, 0.5) is 5.82 Å². The lowest BCUT2D eigenvalue weighted by molar-refractivity contribution is 0.181. The Morgan fingerprint density at radius 2 is 1.91 bits per heavy atom. The number of anilines is 1. The van der Waals surface area contributed by atoms with Crippen LogP contribution in [0, 0.1) is 13.8 Å². The van der Waals surface area contributed by atoms with E-state index < -0.39 is 0 Å². The third-order valence-corrected chi connectivity index (χ3v) is 3.35. The minimum absolute atomic E-state index is 0.109. The van der Waals surface area contributed by atoms with Crippen LogP contribution < -0.4 is 5.32 Å². The summed E-state index contributed by atoms with van der Waals surface area (Å²) in [6.07, 6.45) is 0. The lowest BCUT2D eigenvalue weighted by Crippen LogP contribution is -2.18. The van der Waals surface area contributed by atoms with Crippen LogP contribution in [0.1, 0.15) is 49.4 Å². The van der Waals surface area contributed by atoms with Gasteiger partial charge in [-0.3, -0.25) is 0 Å². The summed E-state index contributed by atoms with van der Waals surface area (Å²) in [6, 6.07) is 3.98. The van der Waals surface area contributed by atoms with Gasteiger partial charge in [0, 0.05) is 30.7 Å². The average Bonchev–Trinajstić information content (AvgIpc) is 2.74. The van der Waals surface area contributed by atoms with Crippen LogP contribution in [0.2, 0.25) is 0 Å². The topological polar surface area (TPSA) is 60.2 Å². The van der Waals surface area contributed by atoms with Gasteiger partial charge in [-0.1, -0.05) is 20.8 Å². The van der Waals surface area contributed by atoms with E-state index in [1.54, 1.807) is 7.11 Å². The fraction of sp³-hybridized carbons (Fsp3) is 0.529. The number of aryl methyl sites for hydroxylation is 2. The zero-order valence-electron chi connectivity index (χ0n) is 14.3. The number of hydrogen-bond donors (Lipinski definition) is 1. The molecule has 0 atom stereocenters. The van der Waals surface area contributed by atoms with Gasteiger partial charge >= 0.3 is 0 Å². The molecule has 2 rings (SSSR count). The molecule has 22 heavy (non-hydrogen) atoms. The van der Waals surface area contributed by atoms with Gasteiger partial charge < -0.3 is 14.5 Å². The molecule has 2 heterocycles. The molecular weight excluding hydrogens is 278 g/mol. The molecule has 0 amide bonds. The van der Waals surface area contributed by atoms with Crippen LogP contribution in [0.5, 0.6) is 0 Å². The summed E-state index contributed by atoms with van der Waals surface area (Å²) in [7, 11) is 1.67. The normalized spacial score (nSPS) is 11.7. The maximum atomic E-state index is 5.55. The molecule has 0 spiro atoms. The van der Waals surface area contributed by atoms with Gasteiger partial charge in [0.25, 0.3) is 0 Å². The minimum Gasteiger partial charge on any atom is -0.466 e. The van der Waals surface area contributed by atoms with Gasteiger partial charge in [0.1, 0.15) is 23.2 Å². The molecule has 0 saturated heterocycles. The molecule has 0 bridgehead atoms. The lowest BCUT2D eigenvalue weighted by Gasteiger charge is -2.19. The Hall–Kier alpha value is -1.88. The maximum absolute atomic E-state index is 5.55. The van der Waals surface area contributed by atoms with Gasteiger partial charge in [-0.2, -0.15) is 0 Å². The van der Waals surface area contributed by atoms with Crippen molar-refractivity contribution in [3.63, 3.8) is 0 Å². The van der Waals surface area contributed by atoms with E-state index in [9.17, 15) is 0 Å². The molecular formula is C17H25N3O2.